The zero-order valence-corrected chi connectivity index (χ0v) is 36.0. The molecular weight excluding hydrogens is 739 g/mol. The molecule has 4 aliphatic rings. The Labute approximate surface area is 326 Å². The summed E-state index contributed by atoms with van der Waals surface area (Å²) in [6, 6.07) is 29.6. The van der Waals surface area contributed by atoms with Crippen LogP contribution in [-0.2, 0) is 32.1 Å². The van der Waals surface area contributed by atoms with Gasteiger partial charge in [-0.2, -0.15) is 0 Å². The quantitative estimate of drug-likeness (QED) is 0.221. The van der Waals surface area contributed by atoms with Crippen LogP contribution in [0.4, 0.5) is 0 Å². The fourth-order valence-electron chi connectivity index (χ4n) is 9.70. The molecule has 4 aliphatic carbocycles. The van der Waals surface area contributed by atoms with Gasteiger partial charge in [0.25, 0.3) is 0 Å². The van der Waals surface area contributed by atoms with Crippen molar-refractivity contribution in [3.8, 4) is 11.1 Å². The van der Waals surface area contributed by atoms with E-state index in [4.69, 9.17) is 0 Å². The van der Waals surface area contributed by atoms with Crippen LogP contribution < -0.4 is 24.8 Å². The Morgan fingerprint density at radius 2 is 0.961 bits per heavy atom. The van der Waals surface area contributed by atoms with Crippen LogP contribution in [0.2, 0.25) is 0 Å². The van der Waals surface area contributed by atoms with E-state index in [2.05, 4.69) is 167 Å². The van der Waals surface area contributed by atoms with Gasteiger partial charge in [-0.1, -0.05) is 0 Å². The molecule has 0 spiro atoms. The minimum absolute atomic E-state index is 0. The first-order valence-corrected chi connectivity index (χ1v) is 22.1. The largest absolute Gasteiger partial charge is 1.00 e. The Balaban J connectivity index is 0.00000224. The summed E-state index contributed by atoms with van der Waals surface area (Å²) >= 11 is -2.94. The number of hydrogen-bond acceptors (Lipinski definition) is 0. The molecule has 0 saturated carbocycles. The monoisotopic (exact) mass is 786 g/mol. The number of allylic oxidation sites excluding steroid dienone is 8. The molecule has 1 unspecified atom stereocenters. The molecule has 0 bridgehead atoms. The maximum absolute atomic E-state index is 2.94. The van der Waals surface area contributed by atoms with Crippen molar-refractivity contribution in [3.05, 3.63) is 161 Å². The molecule has 0 nitrogen and oxygen atoms in total. The summed E-state index contributed by atoms with van der Waals surface area (Å²) in [5, 5.41) is 0. The summed E-state index contributed by atoms with van der Waals surface area (Å²) in [7, 11) is 0. The summed E-state index contributed by atoms with van der Waals surface area (Å²) < 4.78 is 3.78. The summed E-state index contributed by atoms with van der Waals surface area (Å²) in [6.45, 7) is 26.0. The van der Waals surface area contributed by atoms with Crippen molar-refractivity contribution in [3.63, 3.8) is 0 Å². The van der Waals surface area contributed by atoms with Crippen LogP contribution in [-0.4, -0.2) is 3.21 Å². The van der Waals surface area contributed by atoms with E-state index < -0.39 is 21.3 Å². The van der Waals surface area contributed by atoms with Crippen molar-refractivity contribution in [2.45, 2.75) is 90.6 Å². The first-order valence-electron chi connectivity index (χ1n) is 18.2. The predicted octanol–water partition coefficient (Wildman–Crippen LogP) is 6.53. The van der Waals surface area contributed by atoms with Gasteiger partial charge in [0.05, 0.1) is 0 Å². The van der Waals surface area contributed by atoms with E-state index in [1.807, 2.05) is 0 Å². The normalized spacial score (nSPS) is 18.7. The third-order valence-corrected chi connectivity index (χ3v) is 21.3. The van der Waals surface area contributed by atoms with Gasteiger partial charge in [-0.3, -0.25) is 0 Å². The number of rotatable bonds is 4. The van der Waals surface area contributed by atoms with E-state index in [0.717, 1.165) is 0 Å². The van der Waals surface area contributed by atoms with Gasteiger partial charge in [0.2, 0.25) is 0 Å². The van der Waals surface area contributed by atoms with Gasteiger partial charge >= 0.3 is 304 Å². The van der Waals surface area contributed by atoms with Crippen LogP contribution in [0.1, 0.15) is 122 Å². The average Bonchev–Trinajstić information content (AvgIpc) is 3.65. The second-order valence-corrected chi connectivity index (χ2v) is 22.7. The van der Waals surface area contributed by atoms with Crippen molar-refractivity contribution in [2.75, 3.05) is 0 Å². The molecule has 8 rings (SSSR count). The number of aryl methyl sites for hydroxylation is 2. The molecule has 0 radical (unpaired) electrons. The molecule has 0 amide bonds. The van der Waals surface area contributed by atoms with Crippen molar-refractivity contribution in [2.24, 2.45) is 5.92 Å². The van der Waals surface area contributed by atoms with Gasteiger partial charge in [-0.25, -0.2) is 0 Å². The zero-order valence-electron chi connectivity index (χ0n) is 32.1. The van der Waals surface area contributed by atoms with Crippen LogP contribution >= 0.6 is 0 Å². The van der Waals surface area contributed by atoms with E-state index in [1.54, 1.807) is 23.2 Å². The van der Waals surface area contributed by atoms with Gasteiger partial charge in [0, 0.05) is 0 Å². The first-order chi connectivity index (χ1) is 23.2. The molecule has 0 N–H and O–H groups in total. The fourth-order valence-corrected chi connectivity index (χ4v) is 19.8. The van der Waals surface area contributed by atoms with E-state index in [9.17, 15) is 0 Å². The molecule has 0 saturated heterocycles. The molecule has 0 fully saturated rings. The van der Waals surface area contributed by atoms with E-state index >= 15 is 0 Å². The van der Waals surface area contributed by atoms with E-state index in [-0.39, 0.29) is 35.6 Å². The van der Waals surface area contributed by atoms with Gasteiger partial charge in [0.15, 0.2) is 0 Å². The molecule has 3 heteroatoms. The minimum atomic E-state index is -2.94. The standard InChI is InChI=1S/C25H25.C15H14.C8H11.2ClH.Zr/c1-14-12-24(3,4)22-8-16-7-17-9-23-19(15(2)13-25(23,5)6)11-21(17)20(16)10-18(14)22;1-12-3-7-14(8-4-12)11-15-9-5-13(2)6-10-15;1-6-4-7(2)8(3)5-6;;;/h7-13H,1-6H3;3-10H,1-2H3;4,6H,1-3H3;2*1H;/q;;;;;+2/p-2. The van der Waals surface area contributed by atoms with Gasteiger partial charge < -0.3 is 24.8 Å². The summed E-state index contributed by atoms with van der Waals surface area (Å²) in [5.74, 6) is 0.442. The Kier molecular flexibility index (Phi) is 9.84. The molecule has 0 aromatic heterocycles. The van der Waals surface area contributed by atoms with Crippen LogP contribution in [0.3, 0.4) is 0 Å². The van der Waals surface area contributed by atoms with Crippen molar-refractivity contribution >= 4 is 14.4 Å². The Morgan fingerprint density at radius 3 is 1.33 bits per heavy atom. The van der Waals surface area contributed by atoms with E-state index in [1.165, 1.54) is 72.4 Å². The molecule has 260 valence electrons. The van der Waals surface area contributed by atoms with Crippen LogP contribution in [0.15, 0.2) is 105 Å². The zero-order chi connectivity index (χ0) is 34.7. The SMILES string of the molecule is CC1=CC(C)[C]([Zr+2](=[C](c2ccc(C)cc2)c2ccc(C)cc2)[CH]2c3cc4c(cc3-c3cc5c(cc32)C(C)(C)C=C5C)C(C)=CC4(C)C)=C1C.[Cl-].[Cl-]. The maximum Gasteiger partial charge on any atom is -1.00 e. The molecule has 4 aromatic rings. The van der Waals surface area contributed by atoms with Crippen LogP contribution in [0, 0.1) is 19.8 Å². The fraction of sp³-hybridized carbons (Fsp3) is 0.312. The van der Waals surface area contributed by atoms with Crippen molar-refractivity contribution in [1.82, 2.24) is 0 Å². The third kappa shape index (κ3) is 5.95. The Bertz CT molecular complexity index is 2130. The van der Waals surface area contributed by atoms with Gasteiger partial charge in [-0.15, -0.1) is 0 Å². The van der Waals surface area contributed by atoms with Crippen molar-refractivity contribution < 1.29 is 46.1 Å². The summed E-state index contributed by atoms with van der Waals surface area (Å²) in [4.78, 5) is 0. The molecule has 0 heterocycles. The summed E-state index contributed by atoms with van der Waals surface area (Å²) in [5.41, 5.74) is 23.3. The number of fused-ring (bicyclic) bond motifs is 5. The second-order valence-electron chi connectivity index (χ2n) is 16.7. The number of hydrogen-bond donors (Lipinski definition) is 0. The topological polar surface area (TPSA) is 0 Å². The predicted molar refractivity (Wildman–Crippen MR) is 208 cm³/mol. The second kappa shape index (κ2) is 13.2. The third-order valence-electron chi connectivity index (χ3n) is 12.2. The Morgan fingerprint density at radius 1 is 0.549 bits per heavy atom. The maximum atomic E-state index is 2.68. The van der Waals surface area contributed by atoms with Crippen LogP contribution in [0.25, 0.3) is 22.3 Å². The minimum Gasteiger partial charge on any atom is -1.00 e. The van der Waals surface area contributed by atoms with Gasteiger partial charge in [0.1, 0.15) is 0 Å². The molecule has 4 aromatic carbocycles. The number of benzene rings is 4. The first kappa shape index (κ1) is 37.9. The average molecular weight is 789 g/mol. The van der Waals surface area contributed by atoms with Crippen LogP contribution in [0.5, 0.6) is 0 Å². The molecule has 51 heavy (non-hydrogen) atoms. The molecule has 1 atom stereocenters. The summed E-state index contributed by atoms with van der Waals surface area (Å²) in [6.07, 6.45) is 7.55. The molecule has 0 aliphatic heterocycles. The van der Waals surface area contributed by atoms with Gasteiger partial charge in [-0.05, 0) is 0 Å². The smallest absolute Gasteiger partial charge is 1.00 e. The number of halogens is 2. The van der Waals surface area contributed by atoms with E-state index in [0.29, 0.717) is 9.54 Å². The molecular formula is C48H50Cl2Zr. The Hall–Kier alpha value is -2.83. The van der Waals surface area contributed by atoms with Crippen molar-refractivity contribution in [1.29, 1.82) is 0 Å².